The number of carbonyl (C=O) groups is 2. The summed E-state index contributed by atoms with van der Waals surface area (Å²) in [4.78, 5) is 22.4. The predicted octanol–water partition coefficient (Wildman–Crippen LogP) is 2.54. The van der Waals surface area contributed by atoms with E-state index in [-0.39, 0.29) is 22.6 Å². The molecule has 2 N–H and O–H groups in total. The first-order valence-electron chi connectivity index (χ1n) is 6.45. The zero-order valence-corrected chi connectivity index (χ0v) is 11.4. The van der Waals surface area contributed by atoms with Gasteiger partial charge in [0.15, 0.2) is 6.61 Å². The fraction of sp³-hybridized carbons (Fsp3) is 0.429. The molecule has 1 unspecified atom stereocenters. The van der Waals surface area contributed by atoms with E-state index < -0.39 is 12.6 Å². The van der Waals surface area contributed by atoms with Crippen LogP contribution in [0.15, 0.2) is 18.2 Å². The minimum Gasteiger partial charge on any atom is -0.480 e. The summed E-state index contributed by atoms with van der Waals surface area (Å²) >= 11 is 5.99. The van der Waals surface area contributed by atoms with Gasteiger partial charge >= 0.3 is 5.97 Å². The Labute approximate surface area is 120 Å². The molecule has 106 valence electrons. The molecule has 0 aliphatic heterocycles. The van der Waals surface area contributed by atoms with Gasteiger partial charge in [0.05, 0.1) is 5.02 Å². The van der Waals surface area contributed by atoms with E-state index in [9.17, 15) is 9.59 Å². The molecule has 0 aromatic heterocycles. The van der Waals surface area contributed by atoms with Crippen LogP contribution in [0, 0.1) is 11.3 Å². The van der Waals surface area contributed by atoms with E-state index in [2.05, 4.69) is 5.32 Å². The molecule has 5 nitrogen and oxygen atoms in total. The first-order chi connectivity index (χ1) is 9.50. The van der Waals surface area contributed by atoms with Crippen LogP contribution < -0.4 is 10.1 Å². The average Bonchev–Trinajstić information content (AvgIpc) is 3.29. The van der Waals surface area contributed by atoms with Gasteiger partial charge in [0.1, 0.15) is 5.75 Å². The Hall–Kier alpha value is -1.75. The molecule has 2 aliphatic carbocycles. The van der Waals surface area contributed by atoms with Crippen molar-refractivity contribution < 1.29 is 19.4 Å². The maximum Gasteiger partial charge on any atom is 0.341 e. The fourth-order valence-corrected chi connectivity index (χ4v) is 2.73. The van der Waals surface area contributed by atoms with Crippen molar-refractivity contribution in [1.29, 1.82) is 0 Å². The number of nitrogens with one attached hydrogen (secondary N) is 1. The van der Waals surface area contributed by atoms with Gasteiger partial charge in [0, 0.05) is 11.6 Å². The van der Waals surface area contributed by atoms with Crippen molar-refractivity contribution in [3.05, 3.63) is 23.2 Å². The zero-order chi connectivity index (χ0) is 14.3. The maximum absolute atomic E-state index is 12.0. The summed E-state index contributed by atoms with van der Waals surface area (Å²) in [6, 6.07) is 4.78. The Morgan fingerprint density at radius 1 is 1.45 bits per heavy atom. The van der Waals surface area contributed by atoms with Crippen molar-refractivity contribution in [1.82, 2.24) is 0 Å². The van der Waals surface area contributed by atoms with Gasteiger partial charge in [-0.15, -0.1) is 0 Å². The normalized spacial score (nSPS) is 21.4. The van der Waals surface area contributed by atoms with Gasteiger partial charge < -0.3 is 15.2 Å². The highest BCUT2D eigenvalue weighted by Gasteiger charge is 2.65. The van der Waals surface area contributed by atoms with Crippen LogP contribution in [0.4, 0.5) is 5.69 Å². The lowest BCUT2D eigenvalue weighted by atomic mass is 10.2. The number of ether oxygens (including phenoxy) is 1. The molecule has 0 radical (unpaired) electrons. The zero-order valence-electron chi connectivity index (χ0n) is 10.7. The molecule has 1 spiro atoms. The second-order valence-electron chi connectivity index (χ2n) is 5.44. The van der Waals surface area contributed by atoms with E-state index in [0.717, 1.165) is 19.3 Å². The number of hydrogen-bond donors (Lipinski definition) is 2. The highest BCUT2D eigenvalue weighted by Crippen LogP contribution is 2.70. The van der Waals surface area contributed by atoms with Gasteiger partial charge in [-0.3, -0.25) is 4.79 Å². The fourth-order valence-electron chi connectivity index (χ4n) is 2.50. The number of amides is 1. The first-order valence-corrected chi connectivity index (χ1v) is 6.83. The van der Waals surface area contributed by atoms with Crippen molar-refractivity contribution in [3.8, 4) is 5.75 Å². The highest BCUT2D eigenvalue weighted by molar-refractivity contribution is 6.32. The van der Waals surface area contributed by atoms with E-state index in [4.69, 9.17) is 21.4 Å². The van der Waals surface area contributed by atoms with Gasteiger partial charge in [-0.05, 0) is 42.9 Å². The Balaban J connectivity index is 1.61. The lowest BCUT2D eigenvalue weighted by molar-refractivity contribution is -0.139. The lowest BCUT2D eigenvalue weighted by Gasteiger charge is -2.09. The van der Waals surface area contributed by atoms with Crippen molar-refractivity contribution >= 4 is 29.2 Å². The third kappa shape index (κ3) is 2.58. The molecule has 2 fully saturated rings. The summed E-state index contributed by atoms with van der Waals surface area (Å²) in [6.45, 7) is -0.448. The molecule has 20 heavy (non-hydrogen) atoms. The van der Waals surface area contributed by atoms with Crippen LogP contribution in [0.5, 0.6) is 5.75 Å². The van der Waals surface area contributed by atoms with Crippen LogP contribution in [0.25, 0.3) is 0 Å². The summed E-state index contributed by atoms with van der Waals surface area (Å²) in [5, 5.41) is 11.7. The lowest BCUT2D eigenvalue weighted by Crippen LogP contribution is -2.15. The number of halogens is 1. The second-order valence-corrected chi connectivity index (χ2v) is 5.84. The highest BCUT2D eigenvalue weighted by atomic mass is 35.5. The van der Waals surface area contributed by atoms with Crippen LogP contribution in [0.3, 0.4) is 0 Å². The van der Waals surface area contributed by atoms with E-state index in [1.165, 1.54) is 0 Å². The Bertz CT molecular complexity index is 583. The standard InChI is InChI=1S/C14H14ClNO4/c15-10-5-8(1-2-11(10)20-7-12(17)18)16-13(19)9-6-14(9)3-4-14/h1-2,5,9H,3-4,6-7H2,(H,16,19)(H,17,18). The van der Waals surface area contributed by atoms with Gasteiger partial charge in [-0.2, -0.15) is 0 Å². The number of aliphatic carboxylic acids is 1. The van der Waals surface area contributed by atoms with Crippen molar-refractivity contribution in [2.45, 2.75) is 19.3 Å². The smallest absolute Gasteiger partial charge is 0.341 e. The molecule has 6 heteroatoms. The molecule has 0 saturated heterocycles. The van der Waals surface area contributed by atoms with Gasteiger partial charge in [0.2, 0.25) is 5.91 Å². The van der Waals surface area contributed by atoms with Crippen LogP contribution in [-0.2, 0) is 9.59 Å². The molecule has 1 aromatic rings. The summed E-state index contributed by atoms with van der Waals surface area (Å²) in [5.41, 5.74) is 0.920. The van der Waals surface area contributed by atoms with Crippen molar-refractivity contribution in [2.24, 2.45) is 11.3 Å². The van der Waals surface area contributed by atoms with Gasteiger partial charge in [0.25, 0.3) is 0 Å². The van der Waals surface area contributed by atoms with Crippen LogP contribution in [0.1, 0.15) is 19.3 Å². The number of carboxylic acids is 1. The van der Waals surface area contributed by atoms with E-state index in [1.807, 2.05) is 0 Å². The predicted molar refractivity (Wildman–Crippen MR) is 73.0 cm³/mol. The van der Waals surface area contributed by atoms with Crippen molar-refractivity contribution in [3.63, 3.8) is 0 Å². The number of carbonyl (C=O) groups excluding carboxylic acids is 1. The largest absolute Gasteiger partial charge is 0.480 e. The molecule has 1 amide bonds. The molecule has 2 aliphatic rings. The third-order valence-electron chi connectivity index (χ3n) is 3.95. The minimum absolute atomic E-state index is 0.0396. The van der Waals surface area contributed by atoms with Gasteiger partial charge in [-0.25, -0.2) is 4.79 Å². The molecular weight excluding hydrogens is 282 g/mol. The molecule has 3 rings (SSSR count). The molecule has 1 aromatic carbocycles. The summed E-state index contributed by atoms with van der Waals surface area (Å²) in [6.07, 6.45) is 3.31. The maximum atomic E-state index is 12.0. The first kappa shape index (κ1) is 13.2. The summed E-state index contributed by atoms with van der Waals surface area (Å²) in [7, 11) is 0. The molecular formula is C14H14ClNO4. The van der Waals surface area contributed by atoms with Crippen LogP contribution >= 0.6 is 11.6 Å². The van der Waals surface area contributed by atoms with E-state index in [1.54, 1.807) is 18.2 Å². The molecule has 1 atom stereocenters. The number of hydrogen-bond acceptors (Lipinski definition) is 3. The number of anilines is 1. The number of benzene rings is 1. The van der Waals surface area contributed by atoms with Gasteiger partial charge in [-0.1, -0.05) is 11.6 Å². The number of carboxylic acid groups (broad SMARTS) is 1. The Morgan fingerprint density at radius 3 is 2.75 bits per heavy atom. The Morgan fingerprint density at radius 2 is 2.20 bits per heavy atom. The van der Waals surface area contributed by atoms with E-state index in [0.29, 0.717) is 11.1 Å². The molecule has 2 saturated carbocycles. The summed E-state index contributed by atoms with van der Waals surface area (Å²) < 4.78 is 5.02. The van der Waals surface area contributed by atoms with Crippen molar-refractivity contribution in [2.75, 3.05) is 11.9 Å². The number of rotatable bonds is 5. The minimum atomic E-state index is -1.07. The third-order valence-corrected chi connectivity index (χ3v) is 4.24. The van der Waals surface area contributed by atoms with Crippen LogP contribution in [-0.4, -0.2) is 23.6 Å². The van der Waals surface area contributed by atoms with E-state index >= 15 is 0 Å². The summed E-state index contributed by atoms with van der Waals surface area (Å²) in [5.74, 6) is -0.596. The molecule has 0 heterocycles. The average molecular weight is 296 g/mol. The SMILES string of the molecule is O=C(O)COc1ccc(NC(=O)C2CC23CC3)cc1Cl. The Kier molecular flexibility index (Phi) is 3.09. The monoisotopic (exact) mass is 295 g/mol. The quantitative estimate of drug-likeness (QED) is 0.875. The molecule has 0 bridgehead atoms. The second kappa shape index (κ2) is 4.66. The topological polar surface area (TPSA) is 75.6 Å². The van der Waals surface area contributed by atoms with Crippen LogP contribution in [0.2, 0.25) is 5.02 Å².